The Morgan fingerprint density at radius 1 is 1.07 bits per heavy atom. The normalized spacial score (nSPS) is 20.0. The molecule has 0 radical (unpaired) electrons. The lowest BCUT2D eigenvalue weighted by atomic mass is 9.91. The molecule has 1 amide bonds. The molecular formula is C31H38N2O12. The third-order valence-electron chi connectivity index (χ3n) is 6.71. The molecule has 1 saturated heterocycles. The summed E-state index contributed by atoms with van der Waals surface area (Å²) in [5.41, 5.74) is 0.466. The van der Waals surface area contributed by atoms with Crippen molar-refractivity contribution in [1.29, 1.82) is 0 Å². The number of cyclic esters (lactones) is 2. The summed E-state index contributed by atoms with van der Waals surface area (Å²) >= 11 is 0. The van der Waals surface area contributed by atoms with Crippen LogP contribution in [0.3, 0.4) is 0 Å². The third kappa shape index (κ3) is 9.89. The Kier molecular flexibility index (Phi) is 13.1. The van der Waals surface area contributed by atoms with E-state index in [1.165, 1.54) is 33.4 Å². The highest BCUT2D eigenvalue weighted by molar-refractivity contribution is 5.98. The number of pyridine rings is 1. The number of nitrogens with zero attached hydrogens (tertiary/aromatic N) is 1. The largest absolute Gasteiger partial charge is 0.493 e. The van der Waals surface area contributed by atoms with E-state index in [0.717, 1.165) is 5.56 Å². The molecule has 14 nitrogen and oxygen atoms in total. The number of benzene rings is 1. The van der Waals surface area contributed by atoms with E-state index in [1.807, 2.05) is 18.2 Å². The average molecular weight is 631 g/mol. The molecule has 0 bridgehead atoms. The van der Waals surface area contributed by atoms with Gasteiger partial charge in [0, 0.05) is 19.4 Å². The minimum atomic E-state index is -1.46. The summed E-state index contributed by atoms with van der Waals surface area (Å²) in [5.74, 6) is -5.36. The molecule has 2 aromatic rings. The molecule has 1 aliphatic heterocycles. The fourth-order valence-electron chi connectivity index (χ4n) is 4.28. The van der Waals surface area contributed by atoms with E-state index in [4.69, 9.17) is 33.2 Å². The van der Waals surface area contributed by atoms with Crippen LogP contribution in [0.2, 0.25) is 0 Å². The number of carbonyl (C=O) groups is 5. The van der Waals surface area contributed by atoms with Crippen molar-refractivity contribution < 1.29 is 57.1 Å². The van der Waals surface area contributed by atoms with E-state index in [1.54, 1.807) is 26.0 Å². The van der Waals surface area contributed by atoms with Gasteiger partial charge in [0.1, 0.15) is 18.6 Å². The number of aromatic nitrogens is 1. The Morgan fingerprint density at radius 2 is 1.80 bits per heavy atom. The van der Waals surface area contributed by atoms with E-state index in [0.29, 0.717) is 0 Å². The second-order valence-corrected chi connectivity index (χ2v) is 10.4. The van der Waals surface area contributed by atoms with Crippen LogP contribution in [0, 0.1) is 11.8 Å². The van der Waals surface area contributed by atoms with Crippen LogP contribution in [0.5, 0.6) is 11.5 Å². The number of esters is 4. The molecule has 0 saturated carbocycles. The summed E-state index contributed by atoms with van der Waals surface area (Å²) in [6.45, 7) is 3.78. The van der Waals surface area contributed by atoms with Crippen molar-refractivity contribution in [3.8, 4) is 11.5 Å². The number of amides is 1. The van der Waals surface area contributed by atoms with Crippen LogP contribution in [-0.4, -0.2) is 87.2 Å². The van der Waals surface area contributed by atoms with Gasteiger partial charge in [0.2, 0.25) is 6.79 Å². The lowest BCUT2D eigenvalue weighted by molar-refractivity contribution is -0.176. The standard InChI is InChI=1S/C31H38N2O12/c1-18(2)29(36)45-26-19(3)44-31(38)22(16-41-30(37)21(26)15-20-9-7-6-8-10-20)33-28(35)25-27(23(40-5)11-13-32-25)43-17-42-24(34)12-14-39-4/h6-11,13,18-19,21-22,26H,12,14-17H2,1-5H3,(H,33,35). The summed E-state index contributed by atoms with van der Waals surface area (Å²) in [7, 11) is 2.77. The molecule has 0 spiro atoms. The summed E-state index contributed by atoms with van der Waals surface area (Å²) in [6, 6.07) is 8.99. The molecule has 1 N–H and O–H groups in total. The first kappa shape index (κ1) is 34.8. The molecule has 4 unspecified atom stereocenters. The van der Waals surface area contributed by atoms with Gasteiger partial charge in [-0.3, -0.25) is 19.2 Å². The van der Waals surface area contributed by atoms with Gasteiger partial charge in [0.05, 0.1) is 26.1 Å². The molecule has 1 aromatic heterocycles. The summed E-state index contributed by atoms with van der Waals surface area (Å²) in [6.07, 6.45) is -0.851. The predicted octanol–water partition coefficient (Wildman–Crippen LogP) is 2.02. The van der Waals surface area contributed by atoms with Crippen molar-refractivity contribution >= 4 is 29.8 Å². The number of hydrogen-bond donors (Lipinski definition) is 1. The zero-order valence-corrected chi connectivity index (χ0v) is 25.8. The second-order valence-electron chi connectivity index (χ2n) is 10.4. The SMILES string of the molecule is COCCC(=O)OCOc1c(OC)ccnc1C(=O)NC1COC(=O)C(Cc2ccccc2)C(OC(=O)C(C)C)C(C)OC1=O. The Balaban J connectivity index is 1.82. The number of carbonyl (C=O) groups excluding carboxylic acids is 5. The number of hydrogen-bond acceptors (Lipinski definition) is 13. The van der Waals surface area contributed by atoms with Gasteiger partial charge in [-0.1, -0.05) is 44.2 Å². The Hall–Kier alpha value is -4.72. The van der Waals surface area contributed by atoms with Gasteiger partial charge in [0.15, 0.2) is 29.3 Å². The molecule has 4 atom stereocenters. The van der Waals surface area contributed by atoms with E-state index in [9.17, 15) is 24.0 Å². The number of ether oxygens (including phenoxy) is 7. The van der Waals surface area contributed by atoms with Crippen molar-refractivity contribution in [2.24, 2.45) is 11.8 Å². The predicted molar refractivity (Wildman–Crippen MR) is 155 cm³/mol. The second kappa shape index (κ2) is 16.9. The van der Waals surface area contributed by atoms with Crippen LogP contribution in [0.15, 0.2) is 42.6 Å². The van der Waals surface area contributed by atoms with Crippen LogP contribution in [-0.2, 0) is 49.3 Å². The molecule has 1 aliphatic rings. The lowest BCUT2D eigenvalue weighted by Crippen LogP contribution is -2.47. The van der Waals surface area contributed by atoms with Gasteiger partial charge in [0.25, 0.3) is 5.91 Å². The Labute approximate surface area is 260 Å². The molecule has 1 fully saturated rings. The molecule has 244 valence electrons. The fraction of sp³-hybridized carbons (Fsp3) is 0.484. The van der Waals surface area contributed by atoms with Gasteiger partial charge >= 0.3 is 23.9 Å². The van der Waals surface area contributed by atoms with Crippen LogP contribution in [0.1, 0.15) is 43.2 Å². The lowest BCUT2D eigenvalue weighted by Gasteiger charge is -2.29. The first-order chi connectivity index (χ1) is 21.5. The first-order valence-corrected chi connectivity index (χ1v) is 14.3. The van der Waals surface area contributed by atoms with E-state index in [-0.39, 0.29) is 36.6 Å². The first-order valence-electron chi connectivity index (χ1n) is 14.3. The van der Waals surface area contributed by atoms with E-state index >= 15 is 0 Å². The summed E-state index contributed by atoms with van der Waals surface area (Å²) < 4.78 is 37.4. The fourth-order valence-corrected chi connectivity index (χ4v) is 4.28. The highest BCUT2D eigenvalue weighted by Gasteiger charge is 2.42. The van der Waals surface area contributed by atoms with Crippen molar-refractivity contribution in [3.63, 3.8) is 0 Å². The van der Waals surface area contributed by atoms with Gasteiger partial charge < -0.3 is 38.5 Å². The molecule has 45 heavy (non-hydrogen) atoms. The Bertz CT molecular complexity index is 1330. The minimum absolute atomic E-state index is 0.0119. The monoisotopic (exact) mass is 630 g/mol. The highest BCUT2D eigenvalue weighted by Crippen LogP contribution is 2.30. The molecular weight excluding hydrogens is 592 g/mol. The quantitative estimate of drug-likeness (QED) is 0.194. The smallest absolute Gasteiger partial charge is 0.332 e. The highest BCUT2D eigenvalue weighted by atomic mass is 16.7. The minimum Gasteiger partial charge on any atom is -0.493 e. The molecule has 14 heteroatoms. The van der Waals surface area contributed by atoms with Gasteiger partial charge in [-0.2, -0.15) is 0 Å². The summed E-state index contributed by atoms with van der Waals surface area (Å²) in [5, 5.41) is 2.46. The van der Waals surface area contributed by atoms with Crippen molar-refractivity contribution in [1.82, 2.24) is 10.3 Å². The van der Waals surface area contributed by atoms with Crippen molar-refractivity contribution in [2.45, 2.75) is 51.9 Å². The number of rotatable bonds is 13. The van der Waals surface area contributed by atoms with Crippen LogP contribution in [0.25, 0.3) is 0 Å². The topological polar surface area (TPSA) is 175 Å². The number of methoxy groups -OCH3 is 2. The maximum absolute atomic E-state index is 13.4. The summed E-state index contributed by atoms with van der Waals surface area (Å²) in [4.78, 5) is 68.5. The zero-order chi connectivity index (χ0) is 32.9. The zero-order valence-electron chi connectivity index (χ0n) is 25.8. The molecule has 1 aromatic carbocycles. The van der Waals surface area contributed by atoms with Crippen LogP contribution >= 0.6 is 0 Å². The third-order valence-corrected chi connectivity index (χ3v) is 6.71. The van der Waals surface area contributed by atoms with Gasteiger partial charge in [-0.15, -0.1) is 0 Å². The molecule has 3 rings (SSSR count). The van der Waals surface area contributed by atoms with E-state index < -0.39 is 73.3 Å². The van der Waals surface area contributed by atoms with Crippen molar-refractivity contribution in [2.75, 3.05) is 34.2 Å². The number of nitrogens with one attached hydrogen (secondary N) is 1. The average Bonchev–Trinajstić information content (AvgIpc) is 3.06. The molecule has 2 heterocycles. The maximum atomic E-state index is 13.4. The van der Waals surface area contributed by atoms with Gasteiger partial charge in [-0.25, -0.2) is 9.78 Å². The molecule has 0 aliphatic carbocycles. The van der Waals surface area contributed by atoms with Crippen LogP contribution < -0.4 is 14.8 Å². The maximum Gasteiger partial charge on any atom is 0.332 e. The van der Waals surface area contributed by atoms with E-state index in [2.05, 4.69) is 10.3 Å². The van der Waals surface area contributed by atoms with Crippen LogP contribution in [0.4, 0.5) is 0 Å². The van der Waals surface area contributed by atoms with Gasteiger partial charge in [-0.05, 0) is 18.9 Å². The van der Waals surface area contributed by atoms with Crippen molar-refractivity contribution in [3.05, 3.63) is 53.9 Å². The Morgan fingerprint density at radius 3 is 2.47 bits per heavy atom.